The molecule has 0 aromatic carbocycles. The van der Waals surface area contributed by atoms with Gasteiger partial charge in [0.05, 0.1) is 0 Å². The summed E-state index contributed by atoms with van der Waals surface area (Å²) < 4.78 is 7.14. The van der Waals surface area contributed by atoms with Crippen molar-refractivity contribution in [1.82, 2.24) is 19.5 Å². The quantitative estimate of drug-likeness (QED) is 0.862. The van der Waals surface area contributed by atoms with Crippen LogP contribution in [0.25, 0.3) is 5.52 Å². The number of likely N-dealkylation sites (tertiary alicyclic amines) is 1. The normalized spacial score (nSPS) is 16.0. The van der Waals surface area contributed by atoms with E-state index in [1.54, 1.807) is 9.42 Å². The zero-order chi connectivity index (χ0) is 15.2. The van der Waals surface area contributed by atoms with Gasteiger partial charge in [-0.15, -0.1) is 0 Å². The van der Waals surface area contributed by atoms with Gasteiger partial charge in [-0.3, -0.25) is 0 Å². The summed E-state index contributed by atoms with van der Waals surface area (Å²) in [7, 11) is 0. The Morgan fingerprint density at radius 1 is 1.38 bits per heavy atom. The molecule has 1 fully saturated rings. The Hall–Kier alpha value is -2.31. The molecule has 2 N–H and O–H groups in total. The van der Waals surface area contributed by atoms with Crippen molar-refractivity contribution in [2.24, 2.45) is 0 Å². The van der Waals surface area contributed by atoms with E-state index in [9.17, 15) is 4.79 Å². The fraction of sp³-hybridized carbons (Fsp3) is 0.500. The molecule has 2 aromatic rings. The monoisotopic (exact) mass is 289 g/mol. The zero-order valence-corrected chi connectivity index (χ0v) is 12.4. The fourth-order valence-corrected chi connectivity index (χ4v) is 2.42. The number of nitrogens with two attached hydrogens (primary N) is 1. The molecule has 0 saturated carbocycles. The van der Waals surface area contributed by atoms with Crippen molar-refractivity contribution < 1.29 is 9.53 Å². The highest BCUT2D eigenvalue weighted by molar-refractivity contribution is 5.70. The first-order chi connectivity index (χ1) is 9.85. The van der Waals surface area contributed by atoms with E-state index in [4.69, 9.17) is 10.5 Å². The maximum atomic E-state index is 11.9. The van der Waals surface area contributed by atoms with Crippen molar-refractivity contribution in [3.8, 4) is 0 Å². The summed E-state index contributed by atoms with van der Waals surface area (Å²) in [6, 6.07) is 3.89. The van der Waals surface area contributed by atoms with Crippen LogP contribution in [0.1, 0.15) is 32.4 Å². The first kappa shape index (κ1) is 13.7. The van der Waals surface area contributed by atoms with Gasteiger partial charge in [0.15, 0.2) is 5.82 Å². The van der Waals surface area contributed by atoms with Gasteiger partial charge in [0.1, 0.15) is 17.4 Å². The molecule has 0 spiro atoms. The summed E-state index contributed by atoms with van der Waals surface area (Å²) in [4.78, 5) is 17.6. The molecule has 0 unspecified atom stereocenters. The second-order valence-corrected chi connectivity index (χ2v) is 6.28. The number of nitrogen functional groups attached to an aromatic ring is 1. The van der Waals surface area contributed by atoms with E-state index in [0.717, 1.165) is 11.2 Å². The first-order valence-corrected chi connectivity index (χ1v) is 6.91. The lowest BCUT2D eigenvalue weighted by molar-refractivity contribution is 0.00774. The molecule has 1 amide bonds. The number of carbonyl (C=O) groups is 1. The van der Waals surface area contributed by atoms with Crippen molar-refractivity contribution in [2.75, 3.05) is 18.8 Å². The number of hydrogen-bond acceptors (Lipinski definition) is 5. The molecule has 3 rings (SSSR count). The molecule has 21 heavy (non-hydrogen) atoms. The molecule has 7 heteroatoms. The number of fused-ring (bicyclic) bond motifs is 1. The third-order valence-electron chi connectivity index (χ3n) is 3.46. The van der Waals surface area contributed by atoms with Gasteiger partial charge in [-0.1, -0.05) is 0 Å². The number of nitrogens with zero attached hydrogens (tertiary/aromatic N) is 4. The van der Waals surface area contributed by atoms with E-state index < -0.39 is 5.60 Å². The summed E-state index contributed by atoms with van der Waals surface area (Å²) in [5.41, 5.74) is 7.19. The van der Waals surface area contributed by atoms with Crippen LogP contribution in [0, 0.1) is 0 Å². The standard InChI is InChI=1S/C14H19N5O2/c1-14(2,3)21-13(20)18-6-9(7-18)10-4-5-11-12(15)16-8-17-19(10)11/h4-5,8-9H,6-7H2,1-3H3,(H2,15,16,17). The van der Waals surface area contributed by atoms with Gasteiger partial charge >= 0.3 is 6.09 Å². The zero-order valence-electron chi connectivity index (χ0n) is 12.4. The van der Waals surface area contributed by atoms with Gasteiger partial charge in [0.25, 0.3) is 0 Å². The summed E-state index contributed by atoms with van der Waals surface area (Å²) in [6.07, 6.45) is 1.17. The summed E-state index contributed by atoms with van der Waals surface area (Å²) in [5.74, 6) is 0.703. The molecule has 0 bridgehead atoms. The Morgan fingerprint density at radius 2 is 2.10 bits per heavy atom. The van der Waals surface area contributed by atoms with Crippen molar-refractivity contribution in [3.05, 3.63) is 24.2 Å². The van der Waals surface area contributed by atoms with Gasteiger partial charge in [-0.05, 0) is 32.9 Å². The maximum Gasteiger partial charge on any atom is 0.410 e. The van der Waals surface area contributed by atoms with Gasteiger partial charge in [-0.25, -0.2) is 14.3 Å². The van der Waals surface area contributed by atoms with Crippen LogP contribution in [0.3, 0.4) is 0 Å². The average Bonchev–Trinajstić information content (AvgIpc) is 2.70. The number of amides is 1. The van der Waals surface area contributed by atoms with E-state index in [2.05, 4.69) is 10.1 Å². The van der Waals surface area contributed by atoms with Gasteiger partial charge in [-0.2, -0.15) is 5.10 Å². The van der Waals surface area contributed by atoms with Crippen LogP contribution in [-0.2, 0) is 4.74 Å². The van der Waals surface area contributed by atoms with Crippen LogP contribution in [-0.4, -0.2) is 44.3 Å². The minimum Gasteiger partial charge on any atom is -0.444 e. The van der Waals surface area contributed by atoms with Crippen molar-refractivity contribution >= 4 is 17.4 Å². The van der Waals surface area contributed by atoms with E-state index in [-0.39, 0.29) is 12.0 Å². The van der Waals surface area contributed by atoms with Crippen LogP contribution in [0.5, 0.6) is 0 Å². The Morgan fingerprint density at radius 3 is 2.76 bits per heavy atom. The molecule has 1 aliphatic rings. The molecule has 1 saturated heterocycles. The van der Waals surface area contributed by atoms with E-state index in [1.807, 2.05) is 32.9 Å². The van der Waals surface area contributed by atoms with Crippen molar-refractivity contribution in [3.63, 3.8) is 0 Å². The highest BCUT2D eigenvalue weighted by Gasteiger charge is 2.36. The largest absolute Gasteiger partial charge is 0.444 e. The van der Waals surface area contributed by atoms with Crippen molar-refractivity contribution in [2.45, 2.75) is 32.3 Å². The molecule has 0 atom stereocenters. The molecule has 7 nitrogen and oxygen atoms in total. The number of anilines is 1. The third kappa shape index (κ3) is 2.51. The van der Waals surface area contributed by atoms with Gasteiger partial charge in [0, 0.05) is 24.7 Å². The highest BCUT2D eigenvalue weighted by atomic mass is 16.6. The first-order valence-electron chi connectivity index (χ1n) is 6.91. The van der Waals surface area contributed by atoms with Crippen LogP contribution in [0.15, 0.2) is 18.5 Å². The number of aromatic nitrogens is 3. The molecule has 0 radical (unpaired) electrons. The predicted molar refractivity (Wildman–Crippen MR) is 77.9 cm³/mol. The van der Waals surface area contributed by atoms with Gasteiger partial charge < -0.3 is 15.4 Å². The van der Waals surface area contributed by atoms with Crippen LogP contribution >= 0.6 is 0 Å². The minimum absolute atomic E-state index is 0.245. The van der Waals surface area contributed by atoms with E-state index >= 15 is 0 Å². The highest BCUT2D eigenvalue weighted by Crippen LogP contribution is 2.30. The molecule has 0 aliphatic carbocycles. The van der Waals surface area contributed by atoms with E-state index in [1.165, 1.54) is 6.33 Å². The summed E-state index contributed by atoms with van der Waals surface area (Å²) in [6.45, 7) is 6.85. The van der Waals surface area contributed by atoms with Gasteiger partial charge in [0.2, 0.25) is 0 Å². The second-order valence-electron chi connectivity index (χ2n) is 6.28. The van der Waals surface area contributed by atoms with Crippen LogP contribution in [0.4, 0.5) is 10.6 Å². The maximum absolute atomic E-state index is 11.9. The smallest absolute Gasteiger partial charge is 0.410 e. The molecule has 112 valence electrons. The lowest BCUT2D eigenvalue weighted by Crippen LogP contribution is -2.50. The lowest BCUT2D eigenvalue weighted by atomic mass is 9.97. The Balaban J connectivity index is 1.71. The number of carbonyl (C=O) groups excluding carboxylic acids is 1. The topological polar surface area (TPSA) is 85.8 Å². The Labute approximate surface area is 122 Å². The molecular weight excluding hydrogens is 270 g/mol. The summed E-state index contributed by atoms with van der Waals surface area (Å²) in [5, 5.41) is 4.23. The number of rotatable bonds is 1. The number of hydrogen-bond donors (Lipinski definition) is 1. The molecule has 1 aliphatic heterocycles. The van der Waals surface area contributed by atoms with Crippen molar-refractivity contribution in [1.29, 1.82) is 0 Å². The minimum atomic E-state index is -0.467. The molecule has 2 aromatic heterocycles. The van der Waals surface area contributed by atoms with Crippen LogP contribution < -0.4 is 5.73 Å². The third-order valence-corrected chi connectivity index (χ3v) is 3.46. The van der Waals surface area contributed by atoms with E-state index in [0.29, 0.717) is 18.9 Å². The number of ether oxygens (including phenoxy) is 1. The Kier molecular flexibility index (Phi) is 3.00. The second kappa shape index (κ2) is 4.61. The van der Waals surface area contributed by atoms with Crippen LogP contribution in [0.2, 0.25) is 0 Å². The molecule has 3 heterocycles. The predicted octanol–water partition coefficient (Wildman–Crippen LogP) is 1.65. The average molecular weight is 289 g/mol. The summed E-state index contributed by atoms with van der Waals surface area (Å²) >= 11 is 0. The Bertz CT molecular complexity index is 682. The fourth-order valence-electron chi connectivity index (χ4n) is 2.42. The SMILES string of the molecule is CC(C)(C)OC(=O)N1CC(c2ccc3c(N)ncnn23)C1. The molecular formula is C14H19N5O2. The lowest BCUT2D eigenvalue weighted by Gasteiger charge is -2.39.